The molecule has 0 amide bonds. The Bertz CT molecular complexity index is 735. The van der Waals surface area contributed by atoms with Gasteiger partial charge in [0.2, 0.25) is 5.88 Å². The van der Waals surface area contributed by atoms with Gasteiger partial charge in [0.25, 0.3) is 0 Å². The Labute approximate surface area is 120 Å². The molecular formula is C15H11N3O3. The van der Waals surface area contributed by atoms with Crippen LogP contribution in [0.1, 0.15) is 30.5 Å². The summed E-state index contributed by atoms with van der Waals surface area (Å²) in [7, 11) is 0. The summed E-state index contributed by atoms with van der Waals surface area (Å²) in [6.07, 6.45) is 0.383. The number of nitrogens with zero attached hydrogens (tertiary/aromatic N) is 3. The highest BCUT2D eigenvalue weighted by molar-refractivity contribution is 5.76. The van der Waals surface area contributed by atoms with Crippen LogP contribution < -0.4 is 9.47 Å². The summed E-state index contributed by atoms with van der Waals surface area (Å²) in [4.78, 5) is 11.5. The molecule has 0 spiro atoms. The molecule has 0 saturated carbocycles. The van der Waals surface area contributed by atoms with Crippen molar-refractivity contribution in [2.45, 2.75) is 19.3 Å². The van der Waals surface area contributed by atoms with Crippen molar-refractivity contribution in [1.29, 1.82) is 5.26 Å². The number of carbonyl (C=O) groups excluding carboxylic acids is 1. The number of hydrogen-bond donors (Lipinski definition) is 0. The van der Waals surface area contributed by atoms with Gasteiger partial charge in [0, 0.05) is 12.1 Å². The van der Waals surface area contributed by atoms with Crippen molar-refractivity contribution in [3.05, 3.63) is 41.6 Å². The predicted molar refractivity (Wildman–Crippen MR) is 71.9 cm³/mol. The molecule has 1 aromatic heterocycles. The van der Waals surface area contributed by atoms with E-state index in [2.05, 4.69) is 10.2 Å². The molecule has 3 rings (SSSR count). The first-order chi connectivity index (χ1) is 10.2. The number of nitriles is 1. The Balaban J connectivity index is 1.85. The van der Waals surface area contributed by atoms with Crippen LogP contribution in [-0.2, 0) is 4.79 Å². The average Bonchev–Trinajstić information content (AvgIpc) is 2.47. The van der Waals surface area contributed by atoms with E-state index < -0.39 is 0 Å². The summed E-state index contributed by atoms with van der Waals surface area (Å²) in [5.41, 5.74) is 1.20. The molecule has 1 unspecified atom stereocenters. The number of rotatable bonds is 2. The minimum atomic E-state index is -0.245. The number of aromatic nitrogens is 2. The summed E-state index contributed by atoms with van der Waals surface area (Å²) in [6.45, 7) is 1.98. The lowest BCUT2D eigenvalue weighted by Crippen LogP contribution is -2.18. The number of carbonyl (C=O) groups is 1. The Morgan fingerprint density at radius 3 is 2.90 bits per heavy atom. The zero-order valence-electron chi connectivity index (χ0n) is 11.2. The first kappa shape index (κ1) is 13.1. The van der Waals surface area contributed by atoms with E-state index in [4.69, 9.17) is 14.7 Å². The molecule has 2 aromatic rings. The summed E-state index contributed by atoms with van der Waals surface area (Å²) >= 11 is 0. The summed E-state index contributed by atoms with van der Waals surface area (Å²) in [6, 6.07) is 10.3. The van der Waals surface area contributed by atoms with Crippen LogP contribution in [0.2, 0.25) is 0 Å². The van der Waals surface area contributed by atoms with Gasteiger partial charge in [0.05, 0.1) is 6.42 Å². The summed E-state index contributed by atoms with van der Waals surface area (Å²) in [5, 5.41) is 16.1. The van der Waals surface area contributed by atoms with Crippen molar-refractivity contribution in [2.75, 3.05) is 0 Å². The van der Waals surface area contributed by atoms with Crippen LogP contribution in [0.15, 0.2) is 30.3 Å². The second-order valence-corrected chi connectivity index (χ2v) is 4.75. The smallest absolute Gasteiger partial charge is 0.311 e. The zero-order chi connectivity index (χ0) is 14.8. The summed E-state index contributed by atoms with van der Waals surface area (Å²) < 4.78 is 10.8. The van der Waals surface area contributed by atoms with Gasteiger partial charge in [-0.05, 0) is 23.6 Å². The molecule has 0 fully saturated rings. The van der Waals surface area contributed by atoms with Crippen molar-refractivity contribution in [2.24, 2.45) is 0 Å². The molecule has 1 aliphatic heterocycles. The fourth-order valence-corrected chi connectivity index (χ4v) is 2.15. The van der Waals surface area contributed by atoms with E-state index in [-0.39, 0.29) is 23.5 Å². The minimum absolute atomic E-state index is 0.130. The third-order valence-electron chi connectivity index (χ3n) is 3.19. The maximum Gasteiger partial charge on any atom is 0.311 e. The van der Waals surface area contributed by atoms with Crippen molar-refractivity contribution in [1.82, 2.24) is 10.2 Å². The van der Waals surface area contributed by atoms with E-state index in [1.807, 2.05) is 19.1 Å². The molecule has 1 aromatic carbocycles. The molecule has 0 aliphatic carbocycles. The van der Waals surface area contributed by atoms with Gasteiger partial charge in [0.1, 0.15) is 17.6 Å². The van der Waals surface area contributed by atoms with Crippen molar-refractivity contribution in [3.63, 3.8) is 0 Å². The van der Waals surface area contributed by atoms with Crippen LogP contribution in [0.25, 0.3) is 0 Å². The number of fused-ring (bicyclic) bond motifs is 1. The predicted octanol–water partition coefficient (Wildman–Crippen LogP) is 2.55. The van der Waals surface area contributed by atoms with Crippen LogP contribution in [0.5, 0.6) is 17.4 Å². The highest BCUT2D eigenvalue weighted by Gasteiger charge is 2.24. The second-order valence-electron chi connectivity index (χ2n) is 4.75. The SMILES string of the molecule is CC1CC(=O)Oc2cc(Oc3ccc(C#N)nn3)ccc21. The topological polar surface area (TPSA) is 85.1 Å². The third-order valence-corrected chi connectivity index (χ3v) is 3.19. The standard InChI is InChI=1S/C15H11N3O3/c1-9-6-15(19)21-13-7-11(3-4-12(9)13)20-14-5-2-10(8-16)17-18-14/h2-5,7,9H,6H2,1H3. The molecular weight excluding hydrogens is 270 g/mol. The molecule has 0 bridgehead atoms. The molecule has 21 heavy (non-hydrogen) atoms. The minimum Gasteiger partial charge on any atom is -0.437 e. The van der Waals surface area contributed by atoms with Crippen LogP contribution >= 0.6 is 0 Å². The maximum absolute atomic E-state index is 11.5. The number of esters is 1. The molecule has 6 heteroatoms. The van der Waals surface area contributed by atoms with Crippen LogP contribution in [0.4, 0.5) is 0 Å². The van der Waals surface area contributed by atoms with Crippen LogP contribution in [-0.4, -0.2) is 16.2 Å². The van der Waals surface area contributed by atoms with Crippen LogP contribution in [0.3, 0.4) is 0 Å². The van der Waals surface area contributed by atoms with Gasteiger partial charge in [-0.1, -0.05) is 13.0 Å². The number of ether oxygens (including phenoxy) is 2. The summed E-state index contributed by atoms with van der Waals surface area (Å²) in [5.74, 6) is 1.16. The van der Waals surface area contributed by atoms with Gasteiger partial charge in [0.15, 0.2) is 5.69 Å². The Morgan fingerprint density at radius 2 is 2.19 bits per heavy atom. The van der Waals surface area contributed by atoms with E-state index in [9.17, 15) is 4.79 Å². The van der Waals surface area contributed by atoms with E-state index in [1.165, 1.54) is 6.07 Å². The molecule has 0 radical (unpaired) electrons. The first-order valence-corrected chi connectivity index (χ1v) is 6.42. The number of hydrogen-bond acceptors (Lipinski definition) is 6. The lowest BCUT2D eigenvalue weighted by atomic mass is 9.95. The lowest BCUT2D eigenvalue weighted by Gasteiger charge is -2.21. The number of benzene rings is 1. The Hall–Kier alpha value is -2.94. The van der Waals surface area contributed by atoms with E-state index in [1.54, 1.807) is 18.2 Å². The van der Waals surface area contributed by atoms with Gasteiger partial charge in [-0.15, -0.1) is 10.2 Å². The third kappa shape index (κ3) is 2.67. The fourth-order valence-electron chi connectivity index (χ4n) is 2.15. The molecule has 2 heterocycles. The van der Waals surface area contributed by atoms with E-state index in [0.717, 1.165) is 5.56 Å². The van der Waals surface area contributed by atoms with Gasteiger partial charge < -0.3 is 9.47 Å². The monoisotopic (exact) mass is 281 g/mol. The lowest BCUT2D eigenvalue weighted by molar-refractivity contribution is -0.135. The maximum atomic E-state index is 11.5. The van der Waals surface area contributed by atoms with Crippen molar-refractivity contribution < 1.29 is 14.3 Å². The van der Waals surface area contributed by atoms with Gasteiger partial charge >= 0.3 is 5.97 Å². The largest absolute Gasteiger partial charge is 0.437 e. The van der Waals surface area contributed by atoms with Crippen molar-refractivity contribution >= 4 is 5.97 Å². The van der Waals surface area contributed by atoms with Gasteiger partial charge in [-0.2, -0.15) is 5.26 Å². The molecule has 0 saturated heterocycles. The first-order valence-electron chi connectivity index (χ1n) is 6.42. The van der Waals surface area contributed by atoms with E-state index >= 15 is 0 Å². The van der Waals surface area contributed by atoms with E-state index in [0.29, 0.717) is 17.9 Å². The second kappa shape index (κ2) is 5.21. The Kier molecular flexibility index (Phi) is 3.24. The van der Waals surface area contributed by atoms with Gasteiger partial charge in [-0.25, -0.2) is 0 Å². The van der Waals surface area contributed by atoms with Gasteiger partial charge in [-0.3, -0.25) is 4.79 Å². The molecule has 0 N–H and O–H groups in total. The molecule has 1 atom stereocenters. The van der Waals surface area contributed by atoms with Crippen LogP contribution in [0, 0.1) is 11.3 Å². The fraction of sp³-hybridized carbons (Fsp3) is 0.200. The molecule has 1 aliphatic rings. The molecule has 6 nitrogen and oxygen atoms in total. The average molecular weight is 281 g/mol. The highest BCUT2D eigenvalue weighted by Crippen LogP contribution is 2.37. The Morgan fingerprint density at radius 1 is 1.33 bits per heavy atom. The quantitative estimate of drug-likeness (QED) is 0.621. The highest BCUT2D eigenvalue weighted by atomic mass is 16.5. The normalized spacial score (nSPS) is 16.6. The molecule has 104 valence electrons. The van der Waals surface area contributed by atoms with Crippen molar-refractivity contribution in [3.8, 4) is 23.4 Å². The zero-order valence-corrected chi connectivity index (χ0v) is 11.2.